The third-order valence-electron chi connectivity index (χ3n) is 5.96. The highest BCUT2D eigenvalue weighted by atomic mass is 16.2. The smallest absolute Gasteiger partial charge is 0.250 e. The Morgan fingerprint density at radius 3 is 2.77 bits per heavy atom. The molecule has 6 N–H and O–H groups in total. The fourth-order valence-corrected chi connectivity index (χ4v) is 4.05. The summed E-state index contributed by atoms with van der Waals surface area (Å²) in [6.07, 6.45) is 4.12. The summed E-state index contributed by atoms with van der Waals surface area (Å²) < 4.78 is 0. The molecule has 1 aromatic rings. The van der Waals surface area contributed by atoms with Gasteiger partial charge >= 0.3 is 0 Å². The highest BCUT2D eigenvalue weighted by Crippen LogP contribution is 2.39. The number of rotatable bonds is 7. The van der Waals surface area contributed by atoms with Gasteiger partial charge in [-0.1, -0.05) is 38.5 Å². The summed E-state index contributed by atoms with van der Waals surface area (Å²) in [7, 11) is 0. The molecule has 2 aliphatic rings. The van der Waals surface area contributed by atoms with Gasteiger partial charge in [-0.05, 0) is 29.9 Å². The van der Waals surface area contributed by atoms with E-state index in [1.54, 1.807) is 4.90 Å². The van der Waals surface area contributed by atoms with Gasteiger partial charge in [-0.25, -0.2) is 0 Å². The minimum Gasteiger partial charge on any atom is -0.403 e. The Balaban J connectivity index is 1.83. The second kappa shape index (κ2) is 9.19. The van der Waals surface area contributed by atoms with E-state index in [0.29, 0.717) is 31.4 Å². The molecule has 30 heavy (non-hydrogen) atoms. The van der Waals surface area contributed by atoms with Crippen molar-refractivity contribution in [1.29, 1.82) is 0 Å². The molecule has 162 valence electrons. The fourth-order valence-electron chi connectivity index (χ4n) is 4.05. The van der Waals surface area contributed by atoms with Crippen molar-refractivity contribution in [3.05, 3.63) is 41.2 Å². The molecular weight excluding hydrogens is 382 g/mol. The first-order valence-corrected chi connectivity index (χ1v) is 10.5. The van der Waals surface area contributed by atoms with Gasteiger partial charge in [0.15, 0.2) is 0 Å². The summed E-state index contributed by atoms with van der Waals surface area (Å²) in [5.41, 5.74) is 14.2. The molecule has 0 saturated carbocycles. The van der Waals surface area contributed by atoms with Gasteiger partial charge in [0.05, 0.1) is 12.2 Å². The Morgan fingerprint density at radius 1 is 1.33 bits per heavy atom. The van der Waals surface area contributed by atoms with Crippen molar-refractivity contribution in [2.45, 2.75) is 58.0 Å². The van der Waals surface area contributed by atoms with Crippen molar-refractivity contribution < 1.29 is 14.4 Å². The summed E-state index contributed by atoms with van der Waals surface area (Å²) in [5.74, 6) is -0.406. The first kappa shape index (κ1) is 21.7. The highest BCUT2D eigenvalue weighted by molar-refractivity contribution is 6.07. The Bertz CT molecular complexity index is 866. The maximum absolute atomic E-state index is 13.4. The molecule has 2 heterocycles. The third-order valence-corrected chi connectivity index (χ3v) is 5.96. The van der Waals surface area contributed by atoms with E-state index in [1.807, 2.05) is 32.0 Å². The SMILES string of the molecule is CCC(C)CC(=O)NC1CCc2cccc3c2N(C1=O)C(C(=O)NC/C(N)=C/N)C3. The molecule has 8 heteroatoms. The predicted molar refractivity (Wildman–Crippen MR) is 115 cm³/mol. The molecule has 3 amide bonds. The van der Waals surface area contributed by atoms with Gasteiger partial charge in [-0.15, -0.1) is 0 Å². The van der Waals surface area contributed by atoms with E-state index in [1.165, 1.54) is 6.20 Å². The lowest BCUT2D eigenvalue weighted by Gasteiger charge is -2.28. The lowest BCUT2D eigenvalue weighted by molar-refractivity contribution is -0.129. The molecule has 0 fully saturated rings. The summed E-state index contributed by atoms with van der Waals surface area (Å²) in [6.45, 7) is 4.16. The second-order valence-electron chi connectivity index (χ2n) is 8.19. The van der Waals surface area contributed by atoms with Gasteiger partial charge in [0.2, 0.25) is 17.7 Å². The Hall–Kier alpha value is -3.03. The maximum atomic E-state index is 13.4. The van der Waals surface area contributed by atoms with E-state index in [4.69, 9.17) is 11.5 Å². The van der Waals surface area contributed by atoms with Crippen LogP contribution >= 0.6 is 0 Å². The highest BCUT2D eigenvalue weighted by Gasteiger charge is 2.43. The van der Waals surface area contributed by atoms with Crippen molar-refractivity contribution in [2.24, 2.45) is 17.4 Å². The number of hydrogen-bond acceptors (Lipinski definition) is 5. The monoisotopic (exact) mass is 413 g/mol. The van der Waals surface area contributed by atoms with Crippen LogP contribution in [0, 0.1) is 5.92 Å². The van der Waals surface area contributed by atoms with E-state index in [0.717, 1.165) is 23.2 Å². The first-order chi connectivity index (χ1) is 14.3. The van der Waals surface area contributed by atoms with Crippen LogP contribution in [-0.4, -0.2) is 36.3 Å². The number of para-hydroxylation sites is 1. The number of carbonyl (C=O) groups excluding carboxylic acids is 3. The van der Waals surface area contributed by atoms with E-state index in [9.17, 15) is 14.4 Å². The van der Waals surface area contributed by atoms with E-state index < -0.39 is 12.1 Å². The molecule has 3 atom stereocenters. The summed E-state index contributed by atoms with van der Waals surface area (Å²) in [4.78, 5) is 40.4. The fraction of sp³-hybridized carbons (Fsp3) is 0.500. The van der Waals surface area contributed by atoms with Crippen molar-refractivity contribution in [1.82, 2.24) is 10.6 Å². The topological polar surface area (TPSA) is 131 Å². The average Bonchev–Trinajstić information content (AvgIpc) is 3.07. The van der Waals surface area contributed by atoms with Gasteiger partial charge in [0.25, 0.3) is 0 Å². The molecule has 3 rings (SSSR count). The van der Waals surface area contributed by atoms with Gasteiger partial charge < -0.3 is 22.1 Å². The van der Waals surface area contributed by atoms with Crippen LogP contribution < -0.4 is 27.0 Å². The van der Waals surface area contributed by atoms with Crippen LogP contribution in [0.2, 0.25) is 0 Å². The number of anilines is 1. The van der Waals surface area contributed by atoms with E-state index in [-0.39, 0.29) is 30.2 Å². The molecule has 0 saturated heterocycles. The minimum absolute atomic E-state index is 0.117. The Labute approximate surface area is 177 Å². The van der Waals surface area contributed by atoms with Crippen molar-refractivity contribution in [2.75, 3.05) is 11.4 Å². The maximum Gasteiger partial charge on any atom is 0.250 e. The largest absolute Gasteiger partial charge is 0.403 e. The molecule has 1 aromatic carbocycles. The average molecular weight is 414 g/mol. The Kier molecular flexibility index (Phi) is 6.64. The first-order valence-electron chi connectivity index (χ1n) is 10.5. The summed E-state index contributed by atoms with van der Waals surface area (Å²) in [5, 5.41) is 5.66. The zero-order valence-electron chi connectivity index (χ0n) is 17.6. The number of aryl methyl sites for hydroxylation is 1. The van der Waals surface area contributed by atoms with Gasteiger partial charge in [-0.2, -0.15) is 0 Å². The number of amides is 3. The third kappa shape index (κ3) is 4.42. The van der Waals surface area contributed by atoms with Crippen LogP contribution in [0.5, 0.6) is 0 Å². The zero-order chi connectivity index (χ0) is 21.8. The number of nitrogens with zero attached hydrogens (tertiary/aromatic N) is 1. The standard InChI is InChI=1S/C22H31N5O3/c1-3-13(2)9-19(28)26-17-8-7-14-5-4-6-15-10-18(27(20(14)15)22(17)30)21(29)25-12-16(24)11-23/h4-6,11,13,17-18H,3,7-10,12,23-24H2,1-2H3,(H,25,29)(H,26,28)/b16-11-. The van der Waals surface area contributed by atoms with Crippen LogP contribution in [0.1, 0.15) is 44.2 Å². The van der Waals surface area contributed by atoms with Crippen molar-refractivity contribution in [3.8, 4) is 0 Å². The number of carbonyl (C=O) groups is 3. The van der Waals surface area contributed by atoms with Crippen LogP contribution in [0.25, 0.3) is 0 Å². The van der Waals surface area contributed by atoms with Crippen molar-refractivity contribution >= 4 is 23.4 Å². The predicted octanol–water partition coefficient (Wildman–Crippen LogP) is 0.687. The number of nitrogens with two attached hydrogens (primary N) is 2. The lowest BCUT2D eigenvalue weighted by Crippen LogP contribution is -2.54. The molecular formula is C22H31N5O3. The molecule has 8 nitrogen and oxygen atoms in total. The molecule has 0 bridgehead atoms. The Morgan fingerprint density at radius 2 is 2.07 bits per heavy atom. The normalized spacial score (nSPS) is 21.6. The van der Waals surface area contributed by atoms with Crippen LogP contribution in [0.3, 0.4) is 0 Å². The van der Waals surface area contributed by atoms with Gasteiger partial charge in [-0.3, -0.25) is 19.3 Å². The molecule has 0 aliphatic carbocycles. The van der Waals surface area contributed by atoms with E-state index >= 15 is 0 Å². The summed E-state index contributed by atoms with van der Waals surface area (Å²) >= 11 is 0. The van der Waals surface area contributed by atoms with Crippen LogP contribution in [-0.2, 0) is 27.2 Å². The summed E-state index contributed by atoms with van der Waals surface area (Å²) in [6, 6.07) is 4.56. The van der Waals surface area contributed by atoms with Crippen molar-refractivity contribution in [3.63, 3.8) is 0 Å². The number of benzene rings is 1. The van der Waals surface area contributed by atoms with Crippen LogP contribution in [0.15, 0.2) is 30.1 Å². The lowest BCUT2D eigenvalue weighted by atomic mass is 10.0. The van der Waals surface area contributed by atoms with Crippen LogP contribution in [0.4, 0.5) is 5.69 Å². The number of nitrogens with one attached hydrogen (secondary N) is 2. The number of hydrogen-bond donors (Lipinski definition) is 4. The molecule has 0 radical (unpaired) electrons. The molecule has 0 aromatic heterocycles. The molecule has 3 unspecified atom stereocenters. The minimum atomic E-state index is -0.675. The van der Waals surface area contributed by atoms with Gasteiger partial charge in [0, 0.05) is 24.7 Å². The molecule has 2 aliphatic heterocycles. The quantitative estimate of drug-likeness (QED) is 0.522. The second-order valence-corrected chi connectivity index (χ2v) is 8.19. The zero-order valence-corrected chi connectivity index (χ0v) is 17.6. The molecule has 0 spiro atoms. The van der Waals surface area contributed by atoms with Gasteiger partial charge in [0.1, 0.15) is 12.1 Å². The van der Waals surface area contributed by atoms with E-state index in [2.05, 4.69) is 10.6 Å².